The van der Waals surface area contributed by atoms with E-state index < -0.39 is 0 Å². The molecule has 5 heteroatoms. The summed E-state index contributed by atoms with van der Waals surface area (Å²) in [6, 6.07) is 27.3. The molecule has 0 atom stereocenters. The third kappa shape index (κ3) is 4.21. The summed E-state index contributed by atoms with van der Waals surface area (Å²) in [6.07, 6.45) is 4.05. The van der Waals surface area contributed by atoms with Gasteiger partial charge in [0.25, 0.3) is 0 Å². The van der Waals surface area contributed by atoms with E-state index in [1.54, 1.807) is 0 Å². The molecule has 1 aliphatic rings. The molecule has 2 heterocycles. The summed E-state index contributed by atoms with van der Waals surface area (Å²) in [4.78, 5) is 7.30. The van der Waals surface area contributed by atoms with Crippen LogP contribution in [0.1, 0.15) is 56.2 Å². The Morgan fingerprint density at radius 3 is 2.24 bits per heavy atom. The average molecular weight is 611 g/mol. The van der Waals surface area contributed by atoms with Crippen molar-refractivity contribution in [2.24, 2.45) is 0 Å². The molecule has 0 spiro atoms. The molecule has 0 amide bonds. The van der Waals surface area contributed by atoms with E-state index in [1.807, 2.05) is 12.3 Å². The molecule has 0 aliphatic carbocycles. The van der Waals surface area contributed by atoms with Crippen molar-refractivity contribution in [1.29, 1.82) is 0 Å². The van der Waals surface area contributed by atoms with Crippen LogP contribution in [-0.2, 0) is 26.7 Å². The van der Waals surface area contributed by atoms with Gasteiger partial charge < -0.3 is 9.29 Å². The van der Waals surface area contributed by atoms with Crippen molar-refractivity contribution >= 4 is 18.1 Å². The van der Waals surface area contributed by atoms with E-state index in [-0.39, 0.29) is 27.1 Å². The standard InChI is InChI=1S/C28H29BN3.Ir/c1-20(2)23-14-10-15-24(21(3)4)27(23)29-31-18-17-30-28(31)25-13-8-9-16-26(25)32(29)19-22-11-6-5-7-12-22;/h5-12,14-18,20-21H,19H2,1-4H3;/q-1;. The van der Waals surface area contributed by atoms with Gasteiger partial charge >= 0.3 is 6.98 Å². The molecule has 3 nitrogen and oxygen atoms in total. The van der Waals surface area contributed by atoms with E-state index in [0.717, 1.165) is 17.9 Å². The number of anilines is 1. The van der Waals surface area contributed by atoms with Gasteiger partial charge in [-0.1, -0.05) is 87.5 Å². The SMILES string of the molecule is CC(C)c1cccc(C(C)C)c1B1N(Cc2ccccc2)c2ccc[c-]c2-c2nccn21.[Ir]. The van der Waals surface area contributed by atoms with Crippen molar-refractivity contribution in [1.82, 2.24) is 9.46 Å². The first-order valence-electron chi connectivity index (χ1n) is 11.5. The third-order valence-corrected chi connectivity index (χ3v) is 6.47. The molecule has 0 unspecified atom stereocenters. The van der Waals surface area contributed by atoms with Gasteiger partial charge in [0.2, 0.25) is 0 Å². The first-order chi connectivity index (χ1) is 15.6. The van der Waals surface area contributed by atoms with E-state index in [2.05, 4.69) is 110 Å². The van der Waals surface area contributed by atoms with Crippen LogP contribution in [0.5, 0.6) is 0 Å². The molecule has 1 radical (unpaired) electrons. The van der Waals surface area contributed by atoms with Crippen molar-refractivity contribution in [3.05, 3.63) is 102 Å². The molecule has 169 valence electrons. The summed E-state index contributed by atoms with van der Waals surface area (Å²) in [5.41, 5.74) is 7.77. The maximum atomic E-state index is 4.77. The van der Waals surface area contributed by atoms with Crippen LogP contribution >= 0.6 is 0 Å². The van der Waals surface area contributed by atoms with Crippen LogP contribution in [0.25, 0.3) is 11.4 Å². The Bertz CT molecular complexity index is 1210. The van der Waals surface area contributed by atoms with E-state index in [1.165, 1.54) is 27.8 Å². The molecule has 1 aromatic heterocycles. The van der Waals surface area contributed by atoms with Gasteiger partial charge in [0.1, 0.15) is 0 Å². The Hall–Kier alpha value is -2.62. The Balaban J connectivity index is 0.00000259. The normalized spacial score (nSPS) is 12.5. The number of aromatic nitrogens is 2. The smallest absolute Gasteiger partial charge is 0.399 e. The molecular formula is C28H29BIrN3-. The van der Waals surface area contributed by atoms with Crippen molar-refractivity contribution in [3.63, 3.8) is 0 Å². The number of hydrogen-bond acceptors (Lipinski definition) is 2. The van der Waals surface area contributed by atoms with Crippen LogP contribution in [0.4, 0.5) is 5.69 Å². The molecule has 0 N–H and O–H groups in total. The van der Waals surface area contributed by atoms with Gasteiger partial charge in [-0.05, 0) is 34.0 Å². The molecule has 1 aliphatic heterocycles. The van der Waals surface area contributed by atoms with Crippen LogP contribution in [0.2, 0.25) is 0 Å². The van der Waals surface area contributed by atoms with Gasteiger partial charge in [0.15, 0.2) is 0 Å². The second-order valence-electron chi connectivity index (χ2n) is 9.24. The molecular weight excluding hydrogens is 581 g/mol. The molecule has 4 aromatic rings. The fraction of sp³-hybridized carbons (Fsp3) is 0.250. The molecule has 0 saturated heterocycles. The summed E-state index contributed by atoms with van der Waals surface area (Å²) < 4.78 is 2.34. The van der Waals surface area contributed by atoms with Gasteiger partial charge in [-0.15, -0.1) is 24.3 Å². The second-order valence-corrected chi connectivity index (χ2v) is 9.24. The monoisotopic (exact) mass is 611 g/mol. The summed E-state index contributed by atoms with van der Waals surface area (Å²) in [5, 5.41) is 0. The summed E-state index contributed by atoms with van der Waals surface area (Å²) in [7, 11) is 0. The predicted molar refractivity (Wildman–Crippen MR) is 135 cm³/mol. The summed E-state index contributed by atoms with van der Waals surface area (Å²) >= 11 is 0. The van der Waals surface area contributed by atoms with Crippen LogP contribution in [0, 0.1) is 6.07 Å². The third-order valence-electron chi connectivity index (χ3n) is 6.47. The predicted octanol–water partition coefficient (Wildman–Crippen LogP) is 5.86. The second kappa shape index (κ2) is 9.71. The molecule has 0 fully saturated rings. The van der Waals surface area contributed by atoms with Gasteiger partial charge in [0.05, 0.1) is 0 Å². The van der Waals surface area contributed by atoms with Crippen LogP contribution in [0.15, 0.2) is 79.1 Å². The number of rotatable bonds is 5. The topological polar surface area (TPSA) is 21.1 Å². The summed E-state index contributed by atoms with van der Waals surface area (Å²) in [5.74, 6) is 1.85. The average Bonchev–Trinajstić information content (AvgIpc) is 3.29. The van der Waals surface area contributed by atoms with Gasteiger partial charge in [-0.2, -0.15) is 0 Å². The Labute approximate surface area is 211 Å². The fourth-order valence-electron chi connectivity index (χ4n) is 4.99. The zero-order valence-electron chi connectivity index (χ0n) is 19.6. The number of nitrogens with zero attached hydrogens (tertiary/aromatic N) is 3. The zero-order valence-corrected chi connectivity index (χ0v) is 22.0. The van der Waals surface area contributed by atoms with E-state index in [0.29, 0.717) is 11.8 Å². The summed E-state index contributed by atoms with van der Waals surface area (Å²) in [6.45, 7) is 10.0. The number of hydrogen-bond donors (Lipinski definition) is 0. The van der Waals surface area contributed by atoms with Crippen LogP contribution < -0.4 is 10.3 Å². The molecule has 33 heavy (non-hydrogen) atoms. The molecule has 5 rings (SSSR count). The minimum Gasteiger partial charge on any atom is -0.429 e. The minimum atomic E-state index is 0. The first-order valence-corrected chi connectivity index (χ1v) is 11.5. The fourth-order valence-corrected chi connectivity index (χ4v) is 4.99. The number of fused-ring (bicyclic) bond motifs is 3. The van der Waals surface area contributed by atoms with Crippen molar-refractivity contribution in [2.75, 3.05) is 4.81 Å². The van der Waals surface area contributed by atoms with E-state index >= 15 is 0 Å². The van der Waals surface area contributed by atoms with Crippen LogP contribution in [-0.4, -0.2) is 16.4 Å². The van der Waals surface area contributed by atoms with E-state index in [9.17, 15) is 0 Å². The van der Waals surface area contributed by atoms with Crippen LogP contribution in [0.3, 0.4) is 0 Å². The minimum absolute atomic E-state index is 0. The van der Waals surface area contributed by atoms with Gasteiger partial charge in [-0.3, -0.25) is 4.98 Å². The quantitative estimate of drug-likeness (QED) is 0.209. The maximum absolute atomic E-state index is 4.77. The number of imidazole rings is 1. The largest absolute Gasteiger partial charge is 0.429 e. The van der Waals surface area contributed by atoms with Gasteiger partial charge in [0, 0.05) is 44.9 Å². The van der Waals surface area contributed by atoms with Crippen molar-refractivity contribution in [3.8, 4) is 11.4 Å². The first kappa shape index (κ1) is 23.5. The van der Waals surface area contributed by atoms with Crippen molar-refractivity contribution in [2.45, 2.75) is 46.1 Å². The molecule has 3 aromatic carbocycles. The molecule has 0 bridgehead atoms. The zero-order chi connectivity index (χ0) is 22.2. The van der Waals surface area contributed by atoms with E-state index in [4.69, 9.17) is 4.98 Å². The molecule has 0 saturated carbocycles. The number of benzene rings is 3. The Morgan fingerprint density at radius 2 is 1.58 bits per heavy atom. The Morgan fingerprint density at radius 1 is 0.879 bits per heavy atom. The Kier molecular flexibility index (Phi) is 6.92. The van der Waals surface area contributed by atoms with Crippen molar-refractivity contribution < 1.29 is 20.1 Å². The van der Waals surface area contributed by atoms with Gasteiger partial charge in [-0.25, -0.2) is 0 Å². The maximum Gasteiger partial charge on any atom is 0.399 e.